The molecule has 0 spiro atoms. The lowest BCUT2D eigenvalue weighted by molar-refractivity contribution is -0.124. The van der Waals surface area contributed by atoms with Gasteiger partial charge in [-0.2, -0.15) is 0 Å². The van der Waals surface area contributed by atoms with Crippen LogP contribution in [0.15, 0.2) is 0 Å². The average molecular weight is 270 g/mol. The molecule has 0 rings (SSSR count). The summed E-state index contributed by atoms with van der Waals surface area (Å²) in [6.45, 7) is 8.56. The second kappa shape index (κ2) is 10.8. The molecule has 1 atom stereocenters. The van der Waals surface area contributed by atoms with E-state index in [9.17, 15) is 9.59 Å². The fourth-order valence-corrected chi connectivity index (χ4v) is 1.87. The zero-order valence-corrected chi connectivity index (χ0v) is 12.9. The topological polar surface area (TPSA) is 58.2 Å². The van der Waals surface area contributed by atoms with Gasteiger partial charge < -0.3 is 10.6 Å². The minimum atomic E-state index is 0.0446. The molecule has 0 aliphatic heterocycles. The maximum Gasteiger partial charge on any atom is 0.222 e. The van der Waals surface area contributed by atoms with Crippen LogP contribution in [0.5, 0.6) is 0 Å². The number of carbonyl (C=O) groups excluding carboxylic acids is 2. The van der Waals surface area contributed by atoms with Crippen molar-refractivity contribution in [1.29, 1.82) is 0 Å². The Balaban J connectivity index is 3.82. The summed E-state index contributed by atoms with van der Waals surface area (Å²) in [7, 11) is 0. The first-order valence-corrected chi connectivity index (χ1v) is 7.58. The summed E-state index contributed by atoms with van der Waals surface area (Å²) < 4.78 is 0. The number of amides is 2. The SMILES string of the molecule is CCCC(CCCCNC(=O)CC)NC(=O)C(C)C. The first kappa shape index (κ1) is 17.9. The van der Waals surface area contributed by atoms with Crippen LogP contribution >= 0.6 is 0 Å². The van der Waals surface area contributed by atoms with Gasteiger partial charge in [0, 0.05) is 24.9 Å². The largest absolute Gasteiger partial charge is 0.356 e. The van der Waals surface area contributed by atoms with Gasteiger partial charge in [-0.25, -0.2) is 0 Å². The third kappa shape index (κ3) is 9.51. The van der Waals surface area contributed by atoms with Crippen molar-refractivity contribution in [2.75, 3.05) is 6.54 Å². The van der Waals surface area contributed by atoms with E-state index in [1.807, 2.05) is 20.8 Å². The maximum absolute atomic E-state index is 11.7. The van der Waals surface area contributed by atoms with Crippen molar-refractivity contribution in [1.82, 2.24) is 10.6 Å². The van der Waals surface area contributed by atoms with Gasteiger partial charge in [0.15, 0.2) is 0 Å². The van der Waals surface area contributed by atoms with Crippen molar-refractivity contribution in [3.8, 4) is 0 Å². The number of nitrogens with one attached hydrogen (secondary N) is 2. The Morgan fingerprint density at radius 2 is 1.74 bits per heavy atom. The van der Waals surface area contributed by atoms with Crippen LogP contribution in [0.4, 0.5) is 0 Å². The summed E-state index contributed by atoms with van der Waals surface area (Å²) >= 11 is 0. The maximum atomic E-state index is 11.7. The fourth-order valence-electron chi connectivity index (χ4n) is 1.87. The Morgan fingerprint density at radius 3 is 2.26 bits per heavy atom. The van der Waals surface area contributed by atoms with Crippen LogP contribution in [-0.2, 0) is 9.59 Å². The van der Waals surface area contributed by atoms with Crippen molar-refractivity contribution in [2.45, 2.75) is 72.3 Å². The lowest BCUT2D eigenvalue weighted by atomic mass is 10.0. The molecule has 0 bridgehead atoms. The normalized spacial score (nSPS) is 12.3. The Bertz CT molecular complexity index is 265. The summed E-state index contributed by atoms with van der Waals surface area (Å²) in [5, 5.41) is 5.97. The Labute approximate surface area is 117 Å². The Hall–Kier alpha value is -1.06. The lowest BCUT2D eigenvalue weighted by Gasteiger charge is -2.19. The van der Waals surface area contributed by atoms with E-state index in [4.69, 9.17) is 0 Å². The van der Waals surface area contributed by atoms with Gasteiger partial charge in [-0.1, -0.05) is 34.1 Å². The fraction of sp³-hybridized carbons (Fsp3) is 0.867. The van der Waals surface area contributed by atoms with Crippen LogP contribution in [0.25, 0.3) is 0 Å². The minimum absolute atomic E-state index is 0.0446. The van der Waals surface area contributed by atoms with Gasteiger partial charge in [-0.15, -0.1) is 0 Å². The molecule has 0 aliphatic carbocycles. The number of rotatable bonds is 10. The number of unbranched alkanes of at least 4 members (excludes halogenated alkanes) is 1. The first-order valence-electron chi connectivity index (χ1n) is 7.58. The molecule has 112 valence electrons. The molecule has 0 fully saturated rings. The predicted molar refractivity (Wildman–Crippen MR) is 78.8 cm³/mol. The summed E-state index contributed by atoms with van der Waals surface area (Å²) in [6.07, 6.45) is 5.66. The quantitative estimate of drug-likeness (QED) is 0.600. The zero-order valence-electron chi connectivity index (χ0n) is 12.9. The van der Waals surface area contributed by atoms with Gasteiger partial charge in [0.05, 0.1) is 0 Å². The zero-order chi connectivity index (χ0) is 14.7. The molecule has 2 amide bonds. The lowest BCUT2D eigenvalue weighted by Crippen LogP contribution is -2.37. The van der Waals surface area contributed by atoms with E-state index >= 15 is 0 Å². The van der Waals surface area contributed by atoms with Crippen molar-refractivity contribution < 1.29 is 9.59 Å². The number of carbonyl (C=O) groups is 2. The number of hydrogen-bond donors (Lipinski definition) is 2. The van der Waals surface area contributed by atoms with Crippen LogP contribution in [0.2, 0.25) is 0 Å². The van der Waals surface area contributed by atoms with Crippen molar-refractivity contribution in [3.05, 3.63) is 0 Å². The second-order valence-electron chi connectivity index (χ2n) is 5.35. The monoisotopic (exact) mass is 270 g/mol. The van der Waals surface area contributed by atoms with Gasteiger partial charge in [-0.05, 0) is 25.7 Å². The molecule has 4 nitrogen and oxygen atoms in total. The highest BCUT2D eigenvalue weighted by Gasteiger charge is 2.13. The smallest absolute Gasteiger partial charge is 0.222 e. The Morgan fingerprint density at radius 1 is 1.05 bits per heavy atom. The number of hydrogen-bond acceptors (Lipinski definition) is 2. The average Bonchev–Trinajstić information content (AvgIpc) is 2.37. The van der Waals surface area contributed by atoms with Crippen LogP contribution in [0.1, 0.15) is 66.2 Å². The van der Waals surface area contributed by atoms with Crippen molar-refractivity contribution >= 4 is 11.8 Å². The molecule has 0 aromatic heterocycles. The molecule has 0 aromatic carbocycles. The van der Waals surface area contributed by atoms with E-state index in [-0.39, 0.29) is 23.8 Å². The van der Waals surface area contributed by atoms with Crippen molar-refractivity contribution in [3.63, 3.8) is 0 Å². The predicted octanol–water partition coefficient (Wildman–Crippen LogP) is 2.62. The Kier molecular flexibility index (Phi) is 10.2. The highest BCUT2D eigenvalue weighted by Crippen LogP contribution is 2.08. The van der Waals surface area contributed by atoms with E-state index in [1.54, 1.807) is 0 Å². The molecule has 1 unspecified atom stereocenters. The third-order valence-corrected chi connectivity index (χ3v) is 3.13. The molecular formula is C15H30N2O2. The summed E-state index contributed by atoms with van der Waals surface area (Å²) in [5.41, 5.74) is 0. The molecule has 0 heterocycles. The van der Waals surface area contributed by atoms with Gasteiger partial charge in [0.2, 0.25) is 11.8 Å². The second-order valence-corrected chi connectivity index (χ2v) is 5.35. The molecule has 0 aliphatic rings. The molecule has 0 saturated carbocycles. The molecule has 0 saturated heterocycles. The van der Waals surface area contributed by atoms with Gasteiger partial charge in [0.25, 0.3) is 0 Å². The minimum Gasteiger partial charge on any atom is -0.356 e. The molecule has 0 aromatic rings. The first-order chi connectivity index (χ1) is 9.01. The summed E-state index contributed by atoms with van der Waals surface area (Å²) in [6, 6.07) is 0.279. The van der Waals surface area contributed by atoms with Crippen LogP contribution in [-0.4, -0.2) is 24.4 Å². The van der Waals surface area contributed by atoms with E-state index in [2.05, 4.69) is 17.6 Å². The van der Waals surface area contributed by atoms with Gasteiger partial charge in [0.1, 0.15) is 0 Å². The molecule has 4 heteroatoms. The standard InChI is InChI=1S/C15H30N2O2/c1-5-9-13(17-15(19)12(3)4)10-7-8-11-16-14(18)6-2/h12-13H,5-11H2,1-4H3,(H,16,18)(H,17,19). The molecule has 0 radical (unpaired) electrons. The van der Waals surface area contributed by atoms with E-state index < -0.39 is 0 Å². The van der Waals surface area contributed by atoms with E-state index in [1.165, 1.54) is 0 Å². The molecular weight excluding hydrogens is 240 g/mol. The van der Waals surface area contributed by atoms with Gasteiger partial charge >= 0.3 is 0 Å². The summed E-state index contributed by atoms with van der Waals surface area (Å²) in [4.78, 5) is 22.7. The van der Waals surface area contributed by atoms with Crippen LogP contribution in [0.3, 0.4) is 0 Å². The van der Waals surface area contributed by atoms with Crippen molar-refractivity contribution in [2.24, 2.45) is 5.92 Å². The third-order valence-electron chi connectivity index (χ3n) is 3.13. The van der Waals surface area contributed by atoms with Crippen LogP contribution in [0, 0.1) is 5.92 Å². The molecule has 19 heavy (non-hydrogen) atoms. The van der Waals surface area contributed by atoms with Crippen LogP contribution < -0.4 is 10.6 Å². The van der Waals surface area contributed by atoms with E-state index in [0.717, 1.165) is 38.6 Å². The summed E-state index contributed by atoms with van der Waals surface area (Å²) in [5.74, 6) is 0.291. The van der Waals surface area contributed by atoms with E-state index in [0.29, 0.717) is 6.42 Å². The molecule has 2 N–H and O–H groups in total. The highest BCUT2D eigenvalue weighted by atomic mass is 16.2. The highest BCUT2D eigenvalue weighted by molar-refractivity contribution is 5.78. The van der Waals surface area contributed by atoms with Gasteiger partial charge in [-0.3, -0.25) is 9.59 Å².